The predicted molar refractivity (Wildman–Crippen MR) is 129 cm³/mol. The van der Waals surface area contributed by atoms with E-state index in [1.165, 1.54) is 21.1 Å². The van der Waals surface area contributed by atoms with Gasteiger partial charge in [-0.15, -0.1) is 0 Å². The fraction of sp³-hybridized carbons (Fsp3) is 0.375. The lowest BCUT2D eigenvalue weighted by Crippen LogP contribution is -2.49. The minimum atomic E-state index is -3.76. The molecule has 0 bridgehead atoms. The monoisotopic (exact) mass is 515 g/mol. The molecule has 0 saturated carbocycles. The molecule has 1 aromatic carbocycles. The van der Waals surface area contributed by atoms with Crippen LogP contribution in [-0.4, -0.2) is 73.0 Å². The van der Waals surface area contributed by atoms with Crippen molar-refractivity contribution in [2.75, 3.05) is 44.3 Å². The molecule has 2 saturated heterocycles. The van der Waals surface area contributed by atoms with Crippen LogP contribution < -0.4 is 15.2 Å². The number of sulfonamides is 1. The number of anilines is 1. The van der Waals surface area contributed by atoms with Gasteiger partial charge in [0.15, 0.2) is 5.82 Å². The number of piperazine rings is 1. The highest BCUT2D eigenvalue weighted by Crippen LogP contribution is 2.28. The van der Waals surface area contributed by atoms with Crippen LogP contribution in [0.25, 0.3) is 5.82 Å². The van der Waals surface area contributed by atoms with Crippen LogP contribution in [0.3, 0.4) is 0 Å². The molecule has 2 aliphatic heterocycles. The van der Waals surface area contributed by atoms with Gasteiger partial charge in [0, 0.05) is 39.0 Å². The first-order chi connectivity index (χ1) is 17.4. The number of aromatic nitrogens is 3. The van der Waals surface area contributed by atoms with Crippen LogP contribution in [-0.2, 0) is 14.8 Å². The molecule has 2 aliphatic rings. The summed E-state index contributed by atoms with van der Waals surface area (Å²) in [5.41, 5.74) is 0.0366. The SMILES string of the molecule is O=c1c(OCC2CCCO2)c(N2CCN(S(=O)(=O)c3ccc(F)cc3)CC2)cnn1-c1ccccn1. The molecule has 190 valence electrons. The van der Waals surface area contributed by atoms with Crippen molar-refractivity contribution in [3.8, 4) is 11.6 Å². The van der Waals surface area contributed by atoms with E-state index >= 15 is 0 Å². The highest BCUT2D eigenvalue weighted by Gasteiger charge is 2.31. The van der Waals surface area contributed by atoms with Gasteiger partial charge >= 0.3 is 5.56 Å². The van der Waals surface area contributed by atoms with Crippen LogP contribution in [0.15, 0.2) is 64.5 Å². The number of hydrogen-bond donors (Lipinski definition) is 0. The third-order valence-electron chi connectivity index (χ3n) is 6.25. The van der Waals surface area contributed by atoms with Crippen molar-refractivity contribution in [1.82, 2.24) is 19.1 Å². The summed E-state index contributed by atoms with van der Waals surface area (Å²) in [6.45, 7) is 1.92. The van der Waals surface area contributed by atoms with Gasteiger partial charge in [0.1, 0.15) is 18.1 Å². The van der Waals surface area contributed by atoms with E-state index in [1.54, 1.807) is 30.6 Å². The van der Waals surface area contributed by atoms with E-state index in [1.807, 2.05) is 4.90 Å². The average Bonchev–Trinajstić information content (AvgIpc) is 3.42. The molecule has 10 nitrogen and oxygen atoms in total. The molecule has 4 heterocycles. The van der Waals surface area contributed by atoms with E-state index in [-0.39, 0.29) is 36.4 Å². The van der Waals surface area contributed by atoms with Crippen molar-refractivity contribution >= 4 is 15.7 Å². The Morgan fingerprint density at radius 1 is 1.08 bits per heavy atom. The molecular formula is C24H26FN5O5S. The first kappa shape index (κ1) is 24.3. The zero-order valence-corrected chi connectivity index (χ0v) is 20.3. The van der Waals surface area contributed by atoms with Crippen molar-refractivity contribution in [2.24, 2.45) is 0 Å². The van der Waals surface area contributed by atoms with Gasteiger partial charge < -0.3 is 14.4 Å². The van der Waals surface area contributed by atoms with Gasteiger partial charge in [0.2, 0.25) is 15.8 Å². The summed E-state index contributed by atoms with van der Waals surface area (Å²) in [6, 6.07) is 9.96. The fourth-order valence-electron chi connectivity index (χ4n) is 4.31. The molecule has 1 atom stereocenters. The van der Waals surface area contributed by atoms with Crippen molar-refractivity contribution in [3.05, 3.63) is 71.0 Å². The van der Waals surface area contributed by atoms with E-state index in [9.17, 15) is 17.6 Å². The van der Waals surface area contributed by atoms with E-state index in [0.717, 1.165) is 25.0 Å². The maximum atomic E-state index is 13.4. The van der Waals surface area contributed by atoms with Crippen molar-refractivity contribution in [2.45, 2.75) is 23.8 Å². The van der Waals surface area contributed by atoms with Gasteiger partial charge in [-0.05, 0) is 49.2 Å². The molecule has 0 aliphatic carbocycles. The van der Waals surface area contributed by atoms with E-state index in [4.69, 9.17) is 9.47 Å². The highest BCUT2D eigenvalue weighted by molar-refractivity contribution is 7.89. The van der Waals surface area contributed by atoms with Crippen LogP contribution in [0.1, 0.15) is 12.8 Å². The molecule has 0 radical (unpaired) electrons. The first-order valence-electron chi connectivity index (χ1n) is 11.7. The maximum Gasteiger partial charge on any atom is 0.317 e. The Morgan fingerprint density at radius 3 is 2.53 bits per heavy atom. The number of halogens is 1. The number of nitrogens with zero attached hydrogens (tertiary/aromatic N) is 5. The zero-order valence-electron chi connectivity index (χ0n) is 19.5. The third kappa shape index (κ3) is 4.97. The number of pyridine rings is 1. The lowest BCUT2D eigenvalue weighted by Gasteiger charge is -2.35. The number of benzene rings is 1. The van der Waals surface area contributed by atoms with Crippen LogP contribution in [0.2, 0.25) is 0 Å². The smallest absolute Gasteiger partial charge is 0.317 e. The van der Waals surface area contributed by atoms with Crippen molar-refractivity contribution < 1.29 is 22.3 Å². The molecule has 0 amide bonds. The van der Waals surface area contributed by atoms with E-state index in [0.29, 0.717) is 31.2 Å². The molecular weight excluding hydrogens is 489 g/mol. The molecule has 0 spiro atoms. The van der Waals surface area contributed by atoms with Gasteiger partial charge in [-0.25, -0.2) is 17.8 Å². The Morgan fingerprint density at radius 2 is 1.86 bits per heavy atom. The quantitative estimate of drug-likeness (QED) is 0.469. The molecule has 3 aromatic rings. The van der Waals surface area contributed by atoms with Gasteiger partial charge in [-0.2, -0.15) is 14.1 Å². The summed E-state index contributed by atoms with van der Waals surface area (Å²) in [7, 11) is -3.76. The second-order valence-corrected chi connectivity index (χ2v) is 10.5. The molecule has 1 unspecified atom stereocenters. The first-order valence-corrected chi connectivity index (χ1v) is 13.2. The third-order valence-corrected chi connectivity index (χ3v) is 8.16. The Labute approximate surface area is 207 Å². The van der Waals surface area contributed by atoms with Crippen LogP contribution in [0, 0.1) is 5.82 Å². The van der Waals surface area contributed by atoms with E-state index in [2.05, 4.69) is 10.1 Å². The Balaban J connectivity index is 1.39. The van der Waals surface area contributed by atoms with Crippen LogP contribution >= 0.6 is 0 Å². The lowest BCUT2D eigenvalue weighted by atomic mass is 10.2. The van der Waals surface area contributed by atoms with E-state index < -0.39 is 21.4 Å². The Bertz CT molecular complexity index is 1350. The average molecular weight is 516 g/mol. The second-order valence-electron chi connectivity index (χ2n) is 8.55. The van der Waals surface area contributed by atoms with Gasteiger partial charge in [0.25, 0.3) is 0 Å². The number of rotatable bonds is 7. The van der Waals surface area contributed by atoms with Gasteiger partial charge in [-0.3, -0.25) is 4.79 Å². The predicted octanol–water partition coefficient (Wildman–Crippen LogP) is 1.84. The summed E-state index contributed by atoms with van der Waals surface area (Å²) >= 11 is 0. The topological polar surface area (TPSA) is 107 Å². The summed E-state index contributed by atoms with van der Waals surface area (Å²) in [5, 5.41) is 4.31. The van der Waals surface area contributed by atoms with Crippen LogP contribution in [0.5, 0.6) is 5.75 Å². The molecule has 5 rings (SSSR count). The van der Waals surface area contributed by atoms with Crippen molar-refractivity contribution in [3.63, 3.8) is 0 Å². The minimum absolute atomic E-state index is 0.0394. The minimum Gasteiger partial charge on any atom is -0.483 e. The molecule has 12 heteroatoms. The second kappa shape index (κ2) is 10.3. The number of ether oxygens (including phenoxy) is 2. The molecule has 36 heavy (non-hydrogen) atoms. The van der Waals surface area contributed by atoms with Gasteiger partial charge in [-0.1, -0.05) is 6.07 Å². The lowest BCUT2D eigenvalue weighted by molar-refractivity contribution is 0.0673. The maximum absolute atomic E-state index is 13.4. The highest BCUT2D eigenvalue weighted by atomic mass is 32.2. The summed E-state index contributed by atoms with van der Waals surface area (Å²) in [6.07, 6.45) is 4.83. The number of hydrogen-bond acceptors (Lipinski definition) is 8. The van der Waals surface area contributed by atoms with Crippen LogP contribution in [0.4, 0.5) is 10.1 Å². The zero-order chi connectivity index (χ0) is 25.1. The summed E-state index contributed by atoms with van der Waals surface area (Å²) < 4.78 is 53.4. The van der Waals surface area contributed by atoms with Gasteiger partial charge in [0.05, 0.1) is 17.2 Å². The molecule has 2 aromatic heterocycles. The summed E-state index contributed by atoms with van der Waals surface area (Å²) in [4.78, 5) is 19.5. The molecule has 0 N–H and O–H groups in total. The standard InChI is InChI=1S/C24H26FN5O5S/c25-18-6-8-20(9-7-18)36(32,33)29-13-11-28(12-14-29)21-16-27-30(22-5-1-2-10-26-22)24(31)23(21)35-17-19-4-3-15-34-19/h1-2,5-10,16,19H,3-4,11-15,17H2. The Kier molecular flexibility index (Phi) is 6.99. The van der Waals surface area contributed by atoms with Crippen molar-refractivity contribution in [1.29, 1.82) is 0 Å². The summed E-state index contributed by atoms with van der Waals surface area (Å²) in [5.74, 6) is -0.00513. The molecule has 2 fully saturated rings. The fourth-order valence-corrected chi connectivity index (χ4v) is 5.73. The largest absolute Gasteiger partial charge is 0.483 e. The normalized spacial score (nSPS) is 18.9. The Hall–Kier alpha value is -3.35.